The molecule has 36 heavy (non-hydrogen) atoms. The number of rotatable bonds is 10. The number of aromatic amines is 1. The summed E-state index contributed by atoms with van der Waals surface area (Å²) in [6.07, 6.45) is -2.41. The lowest BCUT2D eigenvalue weighted by Gasteiger charge is -2.21. The minimum absolute atomic E-state index is 0.0171. The van der Waals surface area contributed by atoms with Crippen molar-refractivity contribution in [1.82, 2.24) is 19.5 Å². The molecule has 0 amide bonds. The summed E-state index contributed by atoms with van der Waals surface area (Å²) < 4.78 is 44.2. The summed E-state index contributed by atoms with van der Waals surface area (Å²) in [6.45, 7) is -0.620. The fourth-order valence-electron chi connectivity index (χ4n) is 3.73. The van der Waals surface area contributed by atoms with Gasteiger partial charge in [-0.3, -0.25) is 18.9 Å². The van der Waals surface area contributed by atoms with E-state index in [1.807, 2.05) is 30.3 Å². The van der Waals surface area contributed by atoms with Gasteiger partial charge in [0.05, 0.1) is 32.3 Å². The van der Waals surface area contributed by atoms with E-state index in [0.717, 1.165) is 5.56 Å². The Morgan fingerprint density at radius 1 is 1.17 bits per heavy atom. The zero-order valence-electron chi connectivity index (χ0n) is 18.4. The molecule has 7 N–H and O–H groups in total. The van der Waals surface area contributed by atoms with Gasteiger partial charge in [0, 0.05) is 5.92 Å². The van der Waals surface area contributed by atoms with E-state index in [1.165, 1.54) is 10.9 Å². The third-order valence-corrected chi connectivity index (χ3v) is 7.43. The predicted octanol–water partition coefficient (Wildman–Crippen LogP) is 0.0194. The molecule has 3 heterocycles. The SMILES string of the molecule is Nc1nc2c(ncn2[C@@H]2O[C@H](COP(=O)(O)OP(=O)(O)O)[C@@H](COCc3ccccc3)[C@H]2O)c(=O)[nH]1. The Morgan fingerprint density at radius 2 is 1.89 bits per heavy atom. The lowest BCUT2D eigenvalue weighted by atomic mass is 9.99. The Balaban J connectivity index is 1.56. The van der Waals surface area contributed by atoms with E-state index in [2.05, 4.69) is 19.3 Å². The molecule has 0 saturated carbocycles. The van der Waals surface area contributed by atoms with Gasteiger partial charge in [-0.25, -0.2) is 14.1 Å². The molecule has 0 spiro atoms. The molecule has 1 unspecified atom stereocenters. The molecule has 16 nitrogen and oxygen atoms in total. The molecule has 1 saturated heterocycles. The van der Waals surface area contributed by atoms with Gasteiger partial charge >= 0.3 is 15.6 Å². The first-order valence-electron chi connectivity index (χ1n) is 10.4. The normalized spacial score (nSPS) is 24.2. The van der Waals surface area contributed by atoms with Crippen molar-refractivity contribution in [3.05, 3.63) is 52.6 Å². The molecule has 1 aliphatic heterocycles. The van der Waals surface area contributed by atoms with Crippen molar-refractivity contribution in [2.45, 2.75) is 25.0 Å². The minimum Gasteiger partial charge on any atom is -0.388 e. The van der Waals surface area contributed by atoms with Crippen molar-refractivity contribution in [2.75, 3.05) is 18.9 Å². The topological polar surface area (TPSA) is 242 Å². The number of imidazole rings is 1. The summed E-state index contributed by atoms with van der Waals surface area (Å²) in [6, 6.07) is 9.14. The second kappa shape index (κ2) is 10.5. The van der Waals surface area contributed by atoms with Gasteiger partial charge < -0.3 is 35.0 Å². The van der Waals surface area contributed by atoms with Gasteiger partial charge in [0.15, 0.2) is 17.4 Å². The number of aliphatic hydroxyl groups excluding tert-OH is 1. The summed E-state index contributed by atoms with van der Waals surface area (Å²) >= 11 is 0. The number of hydrogen-bond donors (Lipinski definition) is 6. The van der Waals surface area contributed by atoms with Crippen molar-refractivity contribution in [3.8, 4) is 0 Å². The molecule has 0 bridgehead atoms. The fraction of sp³-hybridized carbons (Fsp3) is 0.389. The van der Waals surface area contributed by atoms with Crippen LogP contribution in [-0.2, 0) is 34.0 Å². The summed E-state index contributed by atoms with van der Waals surface area (Å²) in [4.78, 5) is 49.7. The number of aliphatic hydroxyl groups is 1. The summed E-state index contributed by atoms with van der Waals surface area (Å²) in [7, 11) is -10.5. The number of nitrogens with one attached hydrogen (secondary N) is 1. The van der Waals surface area contributed by atoms with Crippen molar-refractivity contribution in [2.24, 2.45) is 5.92 Å². The second-order valence-corrected chi connectivity index (χ2v) is 10.7. The van der Waals surface area contributed by atoms with E-state index in [0.29, 0.717) is 0 Å². The molecule has 4 rings (SSSR count). The average molecular weight is 547 g/mol. The quantitative estimate of drug-likeness (QED) is 0.183. The highest BCUT2D eigenvalue weighted by molar-refractivity contribution is 7.60. The predicted molar refractivity (Wildman–Crippen MR) is 121 cm³/mol. The summed E-state index contributed by atoms with van der Waals surface area (Å²) in [5.41, 5.74) is 5.82. The number of hydrogen-bond acceptors (Lipinski definition) is 11. The fourth-order valence-corrected chi connectivity index (χ4v) is 5.33. The van der Waals surface area contributed by atoms with E-state index >= 15 is 0 Å². The Kier molecular flexibility index (Phi) is 7.73. The van der Waals surface area contributed by atoms with Crippen LogP contribution < -0.4 is 11.3 Å². The number of nitrogens with zero attached hydrogens (tertiary/aromatic N) is 3. The molecule has 196 valence electrons. The standard InChI is InChI=1S/C18H23N5O11P2/c19-18-21-15-13(16(25)22-18)20-9-23(15)17-14(24)11(7-31-6-10-4-2-1-3-5-10)12(33-17)8-32-36(29,30)34-35(26,27)28/h1-5,9,11-12,14,17,24H,6-8H2,(H,29,30)(H2,26,27,28)(H3,19,21,22,25)/t11-,12-,14-,17-/m1/s1. The highest BCUT2D eigenvalue weighted by Gasteiger charge is 2.46. The number of ether oxygens (including phenoxy) is 2. The number of nitrogens with two attached hydrogens (primary N) is 1. The number of fused-ring (bicyclic) bond motifs is 1. The van der Waals surface area contributed by atoms with Crippen molar-refractivity contribution in [3.63, 3.8) is 0 Å². The lowest BCUT2D eigenvalue weighted by Crippen LogP contribution is -2.32. The summed E-state index contributed by atoms with van der Waals surface area (Å²) in [5.74, 6) is -1.05. The molecule has 2 aromatic heterocycles. The highest BCUT2D eigenvalue weighted by atomic mass is 31.3. The van der Waals surface area contributed by atoms with Gasteiger partial charge in [-0.15, -0.1) is 0 Å². The van der Waals surface area contributed by atoms with E-state index in [9.17, 15) is 23.9 Å². The van der Waals surface area contributed by atoms with Gasteiger partial charge in [-0.2, -0.15) is 9.29 Å². The smallest absolute Gasteiger partial charge is 0.388 e. The molecule has 18 heteroatoms. The van der Waals surface area contributed by atoms with Crippen LogP contribution in [-0.4, -0.2) is 64.7 Å². The number of H-pyrrole nitrogens is 1. The number of phosphoric acid groups is 2. The van der Waals surface area contributed by atoms with Gasteiger partial charge in [-0.05, 0) is 5.56 Å². The number of anilines is 1. The van der Waals surface area contributed by atoms with Crippen molar-refractivity contribution in [1.29, 1.82) is 0 Å². The van der Waals surface area contributed by atoms with Crippen molar-refractivity contribution < 1.29 is 47.2 Å². The molecule has 1 fully saturated rings. The third kappa shape index (κ3) is 6.25. The van der Waals surface area contributed by atoms with Gasteiger partial charge in [0.2, 0.25) is 5.95 Å². The van der Waals surface area contributed by atoms with Crippen molar-refractivity contribution >= 4 is 32.8 Å². The number of benzene rings is 1. The maximum absolute atomic E-state index is 12.1. The molecule has 0 aliphatic carbocycles. The Labute approximate surface area is 202 Å². The first-order chi connectivity index (χ1) is 16.9. The first-order valence-corrected chi connectivity index (χ1v) is 13.4. The maximum Gasteiger partial charge on any atom is 0.481 e. The largest absolute Gasteiger partial charge is 0.481 e. The minimum atomic E-state index is -5.33. The van der Waals surface area contributed by atoms with Crippen LogP contribution in [0.4, 0.5) is 5.95 Å². The monoisotopic (exact) mass is 547 g/mol. The first kappa shape index (κ1) is 26.6. The van der Waals surface area contributed by atoms with Crippen LogP contribution in [0.1, 0.15) is 11.8 Å². The lowest BCUT2D eigenvalue weighted by molar-refractivity contribution is -0.0496. The molecule has 0 radical (unpaired) electrons. The number of aromatic nitrogens is 4. The average Bonchev–Trinajstić information content (AvgIpc) is 3.33. The Morgan fingerprint density at radius 3 is 2.58 bits per heavy atom. The van der Waals surface area contributed by atoms with Crippen LogP contribution in [0, 0.1) is 5.92 Å². The third-order valence-electron chi connectivity index (χ3n) is 5.28. The van der Waals surface area contributed by atoms with Gasteiger partial charge in [0.1, 0.15) is 6.10 Å². The maximum atomic E-state index is 12.1. The summed E-state index contributed by atoms with van der Waals surface area (Å²) in [5, 5.41) is 11.1. The molecule has 1 aliphatic rings. The Bertz CT molecular complexity index is 1360. The van der Waals surface area contributed by atoms with E-state index in [1.54, 1.807) is 0 Å². The Hall–Kier alpha value is -2.49. The zero-order valence-corrected chi connectivity index (χ0v) is 20.1. The molecule has 3 aromatic rings. The number of phosphoric ester groups is 1. The van der Waals surface area contributed by atoms with E-state index in [4.69, 9.17) is 29.5 Å². The second-order valence-electron chi connectivity index (χ2n) is 7.83. The molecular formula is C18H23N5O11P2. The highest BCUT2D eigenvalue weighted by Crippen LogP contribution is 2.57. The van der Waals surface area contributed by atoms with Crippen LogP contribution in [0.25, 0.3) is 11.2 Å². The van der Waals surface area contributed by atoms with E-state index < -0.39 is 52.2 Å². The van der Waals surface area contributed by atoms with Crippen LogP contribution in [0.3, 0.4) is 0 Å². The van der Waals surface area contributed by atoms with Gasteiger partial charge in [0.25, 0.3) is 5.56 Å². The molecule has 5 atom stereocenters. The molecule has 1 aromatic carbocycles. The zero-order chi connectivity index (χ0) is 26.1. The van der Waals surface area contributed by atoms with Crippen LogP contribution in [0.2, 0.25) is 0 Å². The van der Waals surface area contributed by atoms with Crippen LogP contribution in [0.15, 0.2) is 41.5 Å². The van der Waals surface area contributed by atoms with E-state index in [-0.39, 0.29) is 30.3 Å². The van der Waals surface area contributed by atoms with Gasteiger partial charge in [-0.1, -0.05) is 30.3 Å². The van der Waals surface area contributed by atoms with Crippen LogP contribution >= 0.6 is 15.6 Å². The molecular weight excluding hydrogens is 524 g/mol. The number of nitrogen functional groups attached to an aromatic ring is 1. The van der Waals surface area contributed by atoms with Crippen LogP contribution in [0.5, 0.6) is 0 Å².